The van der Waals surface area contributed by atoms with Crippen LogP contribution >= 0.6 is 0 Å². The Morgan fingerprint density at radius 3 is 2.52 bits per heavy atom. The van der Waals surface area contributed by atoms with E-state index in [-0.39, 0.29) is 23.8 Å². The molecular formula is C33H35NO12. The van der Waals surface area contributed by atoms with Crippen LogP contribution in [0.5, 0.6) is 11.5 Å². The number of carbonyl (C=O) groups excluding carboxylic acids is 3. The average molecular weight is 638 g/mol. The Bertz CT molecular complexity index is 1610. The minimum atomic E-state index is -2.00. The second-order valence-corrected chi connectivity index (χ2v) is 12.1. The van der Waals surface area contributed by atoms with Crippen LogP contribution in [0.4, 0.5) is 0 Å². The second kappa shape index (κ2) is 11.7. The number of likely N-dealkylation sites (tertiary alicyclic amines) is 1. The lowest BCUT2D eigenvalue weighted by atomic mass is 9.50. The number of aliphatic hydroxyl groups excluding tert-OH is 1. The molecule has 0 unspecified atom stereocenters. The standard InChI is InChI=1S/C33H35NO12/c1-17(30(39)46-26(29(37)38)18-7-5-4-6-8-18)43-31(40)20(35)16-24(36)44-22-11-12-33(41)23-15-19-9-10-21(42-3)27-25(19)32(33,28(22)45-27)13-14-34(23)2/h4-11,17,20,23,26,28,35,41H,12-16H2,1-3H3,(H,37,38)/t17-,20-,23+,26-,28-,32-,33+/m0/s1. The molecule has 4 aliphatic rings. The van der Waals surface area contributed by atoms with Crippen molar-refractivity contribution in [2.75, 3.05) is 20.7 Å². The summed E-state index contributed by atoms with van der Waals surface area (Å²) in [7, 11) is 3.50. The molecule has 13 heteroatoms. The highest BCUT2D eigenvalue weighted by Crippen LogP contribution is 2.65. The van der Waals surface area contributed by atoms with Crippen LogP contribution in [0.15, 0.2) is 54.3 Å². The average Bonchev–Trinajstić information content (AvgIpc) is 3.39. The number of piperidine rings is 1. The molecule has 1 saturated heterocycles. The number of benzene rings is 2. The van der Waals surface area contributed by atoms with Gasteiger partial charge in [0.15, 0.2) is 29.8 Å². The van der Waals surface area contributed by atoms with E-state index in [1.165, 1.54) is 19.2 Å². The SMILES string of the molecule is COc1ccc2c3c1O[C@H]1C(OC(=O)C[C@H](O)C(=O)O[C@@H](C)C(=O)O[C@H](C(=O)O)c4ccccc4)=CC[C@@]4(O)[C@@H](C2)N(C)CC[C@]314. The predicted molar refractivity (Wildman–Crippen MR) is 157 cm³/mol. The van der Waals surface area contributed by atoms with Gasteiger partial charge in [0.2, 0.25) is 6.10 Å². The van der Waals surface area contributed by atoms with Crippen LogP contribution in [0.25, 0.3) is 0 Å². The Balaban J connectivity index is 1.13. The lowest BCUT2D eigenvalue weighted by Gasteiger charge is -2.61. The van der Waals surface area contributed by atoms with Crippen molar-refractivity contribution in [1.29, 1.82) is 0 Å². The number of aliphatic carboxylic acids is 1. The number of nitrogens with zero attached hydrogens (tertiary/aromatic N) is 1. The molecule has 46 heavy (non-hydrogen) atoms. The summed E-state index contributed by atoms with van der Waals surface area (Å²) in [6.07, 6.45) is -3.95. The van der Waals surface area contributed by atoms with E-state index in [0.29, 0.717) is 30.9 Å². The molecule has 13 nitrogen and oxygen atoms in total. The zero-order valence-corrected chi connectivity index (χ0v) is 25.5. The number of carboxylic acid groups (broad SMARTS) is 1. The van der Waals surface area contributed by atoms with Crippen molar-refractivity contribution in [3.63, 3.8) is 0 Å². The minimum absolute atomic E-state index is 0.155. The lowest BCUT2D eigenvalue weighted by Crippen LogP contribution is -2.74. The zero-order chi connectivity index (χ0) is 33.0. The van der Waals surface area contributed by atoms with Crippen molar-refractivity contribution >= 4 is 23.9 Å². The molecular weight excluding hydrogens is 602 g/mol. The van der Waals surface area contributed by atoms with Gasteiger partial charge in [-0.15, -0.1) is 0 Å². The van der Waals surface area contributed by atoms with Gasteiger partial charge in [-0.2, -0.15) is 0 Å². The summed E-state index contributed by atoms with van der Waals surface area (Å²) in [5.74, 6) is -3.70. The maximum atomic E-state index is 13.0. The fourth-order valence-electron chi connectivity index (χ4n) is 7.40. The van der Waals surface area contributed by atoms with E-state index < -0.39 is 65.7 Å². The largest absolute Gasteiger partial charge is 0.493 e. The maximum absolute atomic E-state index is 13.0. The number of esters is 3. The molecule has 0 radical (unpaired) electrons. The zero-order valence-electron chi connectivity index (χ0n) is 25.5. The van der Waals surface area contributed by atoms with Crippen LogP contribution in [0.3, 0.4) is 0 Å². The number of hydrogen-bond donors (Lipinski definition) is 3. The van der Waals surface area contributed by atoms with Crippen molar-refractivity contribution in [1.82, 2.24) is 4.90 Å². The first-order valence-corrected chi connectivity index (χ1v) is 15.0. The maximum Gasteiger partial charge on any atom is 0.349 e. The van der Waals surface area contributed by atoms with Gasteiger partial charge in [-0.05, 0) is 51.1 Å². The number of likely N-dealkylation sites (N-methyl/N-ethyl adjacent to an activating group) is 1. The van der Waals surface area contributed by atoms with Crippen molar-refractivity contribution in [2.24, 2.45) is 0 Å². The molecule has 2 heterocycles. The lowest BCUT2D eigenvalue weighted by molar-refractivity contribution is -0.180. The van der Waals surface area contributed by atoms with E-state index in [2.05, 4.69) is 4.90 Å². The molecule has 2 aliphatic heterocycles. The quantitative estimate of drug-likeness (QED) is 0.253. The normalized spacial score (nSPS) is 27.5. The fraction of sp³-hybridized carbons (Fsp3) is 0.455. The number of carbonyl (C=O) groups is 4. The Kier molecular flexibility index (Phi) is 8.03. The van der Waals surface area contributed by atoms with E-state index in [1.54, 1.807) is 24.3 Å². The van der Waals surface area contributed by atoms with Gasteiger partial charge in [0.25, 0.3) is 0 Å². The molecule has 0 amide bonds. The summed E-state index contributed by atoms with van der Waals surface area (Å²) in [5.41, 5.74) is -0.0389. The third-order valence-electron chi connectivity index (χ3n) is 9.61. The summed E-state index contributed by atoms with van der Waals surface area (Å²) in [6, 6.07) is 11.3. The molecule has 1 spiro atoms. The molecule has 244 valence electrons. The monoisotopic (exact) mass is 637 g/mol. The molecule has 1 fully saturated rings. The second-order valence-electron chi connectivity index (χ2n) is 12.1. The van der Waals surface area contributed by atoms with Crippen LogP contribution in [-0.2, 0) is 45.2 Å². The number of hydrogen-bond acceptors (Lipinski definition) is 12. The molecule has 0 aromatic heterocycles. The summed E-state index contributed by atoms with van der Waals surface area (Å²) >= 11 is 0. The van der Waals surface area contributed by atoms with Crippen molar-refractivity contribution in [3.05, 3.63) is 71.0 Å². The number of methoxy groups -OCH3 is 1. The molecule has 2 aromatic rings. The summed E-state index contributed by atoms with van der Waals surface area (Å²) in [6.45, 7) is 1.83. The first-order valence-electron chi connectivity index (χ1n) is 15.0. The number of carboxylic acids is 1. The number of aliphatic hydroxyl groups is 2. The third kappa shape index (κ3) is 4.89. The van der Waals surface area contributed by atoms with Crippen LogP contribution in [0, 0.1) is 0 Å². The molecule has 0 saturated carbocycles. The minimum Gasteiger partial charge on any atom is -0.493 e. The first-order chi connectivity index (χ1) is 21.9. The van der Waals surface area contributed by atoms with Gasteiger partial charge in [0.05, 0.1) is 24.5 Å². The van der Waals surface area contributed by atoms with Gasteiger partial charge in [0, 0.05) is 23.6 Å². The van der Waals surface area contributed by atoms with Gasteiger partial charge in [-0.3, -0.25) is 4.79 Å². The van der Waals surface area contributed by atoms with Crippen LogP contribution in [0.1, 0.15) is 49.0 Å². The summed E-state index contributed by atoms with van der Waals surface area (Å²) in [4.78, 5) is 51.9. The Morgan fingerprint density at radius 2 is 1.83 bits per heavy atom. The Morgan fingerprint density at radius 1 is 1.09 bits per heavy atom. The molecule has 2 aromatic carbocycles. The third-order valence-corrected chi connectivity index (χ3v) is 9.61. The van der Waals surface area contributed by atoms with Crippen molar-refractivity contribution < 1.29 is 58.2 Å². The van der Waals surface area contributed by atoms with E-state index in [9.17, 15) is 34.5 Å². The van der Waals surface area contributed by atoms with Gasteiger partial charge >= 0.3 is 23.9 Å². The highest BCUT2D eigenvalue weighted by molar-refractivity contribution is 5.86. The van der Waals surface area contributed by atoms with Crippen LogP contribution < -0.4 is 9.47 Å². The molecule has 2 bridgehead atoms. The Hall–Kier alpha value is -4.46. The van der Waals surface area contributed by atoms with E-state index >= 15 is 0 Å². The smallest absolute Gasteiger partial charge is 0.349 e. The van der Waals surface area contributed by atoms with E-state index in [1.807, 2.05) is 19.2 Å². The van der Waals surface area contributed by atoms with Gasteiger partial charge < -0.3 is 43.9 Å². The summed E-state index contributed by atoms with van der Waals surface area (Å²) in [5, 5.41) is 32.2. The highest BCUT2D eigenvalue weighted by atomic mass is 16.6. The van der Waals surface area contributed by atoms with Crippen molar-refractivity contribution in [2.45, 2.75) is 74.1 Å². The topological polar surface area (TPSA) is 178 Å². The first kappa shape index (κ1) is 31.5. The van der Waals surface area contributed by atoms with Crippen LogP contribution in [-0.4, -0.2) is 94.8 Å². The predicted octanol–water partition coefficient (Wildman–Crippen LogP) is 1.57. The van der Waals surface area contributed by atoms with E-state index in [0.717, 1.165) is 18.1 Å². The summed E-state index contributed by atoms with van der Waals surface area (Å²) < 4.78 is 27.7. The van der Waals surface area contributed by atoms with Crippen molar-refractivity contribution in [3.8, 4) is 11.5 Å². The fourth-order valence-corrected chi connectivity index (χ4v) is 7.40. The van der Waals surface area contributed by atoms with Crippen LogP contribution in [0.2, 0.25) is 0 Å². The Labute approximate surface area is 264 Å². The van der Waals surface area contributed by atoms with Gasteiger partial charge in [-0.1, -0.05) is 36.4 Å². The molecule has 3 N–H and O–H groups in total. The number of ether oxygens (including phenoxy) is 5. The highest BCUT2D eigenvalue weighted by Gasteiger charge is 2.72. The molecule has 6 rings (SSSR count). The van der Waals surface area contributed by atoms with E-state index in [4.69, 9.17) is 23.7 Å². The molecule has 2 aliphatic carbocycles. The number of rotatable bonds is 10. The molecule has 7 atom stereocenters. The van der Waals surface area contributed by atoms with Gasteiger partial charge in [-0.25, -0.2) is 14.4 Å². The van der Waals surface area contributed by atoms with Gasteiger partial charge in [0.1, 0.15) is 5.76 Å².